The van der Waals surface area contributed by atoms with Gasteiger partial charge in [0, 0.05) is 6.54 Å². The maximum atomic E-state index is 12.9. The van der Waals surface area contributed by atoms with Gasteiger partial charge in [-0.25, -0.2) is 4.39 Å². The first kappa shape index (κ1) is 15.9. The van der Waals surface area contributed by atoms with Crippen LogP contribution < -0.4 is 5.32 Å². The monoisotopic (exact) mass is 326 g/mol. The minimum absolute atomic E-state index is 0.187. The van der Waals surface area contributed by atoms with Crippen molar-refractivity contribution in [2.45, 2.75) is 19.5 Å². The summed E-state index contributed by atoms with van der Waals surface area (Å²) in [4.78, 5) is 37.9. The molecule has 0 saturated heterocycles. The molecule has 0 bridgehead atoms. The van der Waals surface area contributed by atoms with Crippen molar-refractivity contribution in [1.82, 2.24) is 10.2 Å². The SMILES string of the molecule is C[C@H](C(=O)NCc1ccc(F)cc1)N1C(=O)c2ccccc2C1=O. The normalized spacial score (nSPS) is 14.5. The van der Waals surface area contributed by atoms with Crippen molar-refractivity contribution in [2.24, 2.45) is 0 Å². The molecule has 0 aromatic heterocycles. The molecule has 0 aliphatic carbocycles. The van der Waals surface area contributed by atoms with Gasteiger partial charge in [-0.05, 0) is 36.8 Å². The number of fused-ring (bicyclic) bond motifs is 1. The number of halogens is 1. The molecule has 2 aromatic carbocycles. The Morgan fingerprint density at radius 1 is 1.04 bits per heavy atom. The van der Waals surface area contributed by atoms with Crippen LogP contribution in [-0.2, 0) is 11.3 Å². The van der Waals surface area contributed by atoms with E-state index in [-0.39, 0.29) is 12.4 Å². The Morgan fingerprint density at radius 3 is 2.12 bits per heavy atom. The Balaban J connectivity index is 1.69. The summed E-state index contributed by atoms with van der Waals surface area (Å²) in [6.45, 7) is 1.69. The highest BCUT2D eigenvalue weighted by Gasteiger charge is 2.40. The third kappa shape index (κ3) is 2.78. The molecule has 1 heterocycles. The summed E-state index contributed by atoms with van der Waals surface area (Å²) in [6, 6.07) is 11.3. The molecule has 24 heavy (non-hydrogen) atoms. The van der Waals surface area contributed by atoms with E-state index >= 15 is 0 Å². The van der Waals surface area contributed by atoms with E-state index < -0.39 is 23.8 Å². The van der Waals surface area contributed by atoms with Crippen LogP contribution in [0.25, 0.3) is 0 Å². The fourth-order valence-electron chi connectivity index (χ4n) is 2.62. The molecule has 0 saturated carbocycles. The van der Waals surface area contributed by atoms with Gasteiger partial charge in [-0.1, -0.05) is 24.3 Å². The summed E-state index contributed by atoms with van der Waals surface area (Å²) < 4.78 is 12.9. The minimum Gasteiger partial charge on any atom is -0.350 e. The molecule has 6 heteroatoms. The molecule has 1 N–H and O–H groups in total. The highest BCUT2D eigenvalue weighted by Crippen LogP contribution is 2.24. The Kier molecular flexibility index (Phi) is 4.12. The first-order valence-corrected chi connectivity index (χ1v) is 7.48. The quantitative estimate of drug-likeness (QED) is 0.875. The molecule has 3 rings (SSSR count). The van der Waals surface area contributed by atoms with Gasteiger partial charge < -0.3 is 5.32 Å². The second-order valence-corrected chi connectivity index (χ2v) is 5.55. The van der Waals surface area contributed by atoms with Crippen molar-refractivity contribution >= 4 is 17.7 Å². The zero-order chi connectivity index (χ0) is 17.3. The number of nitrogens with one attached hydrogen (secondary N) is 1. The minimum atomic E-state index is -0.933. The lowest BCUT2D eigenvalue weighted by molar-refractivity contribution is -0.124. The van der Waals surface area contributed by atoms with E-state index in [1.165, 1.54) is 19.1 Å². The summed E-state index contributed by atoms with van der Waals surface area (Å²) in [5.41, 5.74) is 1.33. The number of carbonyl (C=O) groups is 3. The number of carbonyl (C=O) groups excluding carboxylic acids is 3. The Hall–Kier alpha value is -3.02. The number of imide groups is 1. The van der Waals surface area contributed by atoms with Crippen molar-refractivity contribution in [2.75, 3.05) is 0 Å². The van der Waals surface area contributed by atoms with Gasteiger partial charge in [-0.3, -0.25) is 19.3 Å². The number of rotatable bonds is 4. The topological polar surface area (TPSA) is 66.5 Å². The molecular weight excluding hydrogens is 311 g/mol. The molecule has 3 amide bonds. The van der Waals surface area contributed by atoms with Crippen molar-refractivity contribution in [3.63, 3.8) is 0 Å². The summed E-state index contributed by atoms with van der Waals surface area (Å²) in [6.07, 6.45) is 0. The van der Waals surface area contributed by atoms with Gasteiger partial charge in [0.05, 0.1) is 11.1 Å². The van der Waals surface area contributed by atoms with Gasteiger partial charge in [0.2, 0.25) is 5.91 Å². The molecule has 122 valence electrons. The van der Waals surface area contributed by atoms with E-state index in [1.807, 2.05) is 0 Å². The van der Waals surface area contributed by atoms with E-state index in [0.717, 1.165) is 10.5 Å². The molecule has 5 nitrogen and oxygen atoms in total. The van der Waals surface area contributed by atoms with E-state index in [4.69, 9.17) is 0 Å². The predicted molar refractivity (Wildman–Crippen MR) is 84.7 cm³/mol. The van der Waals surface area contributed by atoms with E-state index in [2.05, 4.69) is 5.32 Å². The van der Waals surface area contributed by atoms with Gasteiger partial charge in [-0.15, -0.1) is 0 Å². The average Bonchev–Trinajstić information content (AvgIpc) is 2.85. The number of hydrogen-bond donors (Lipinski definition) is 1. The molecule has 0 spiro atoms. The summed E-state index contributed by atoms with van der Waals surface area (Å²) >= 11 is 0. The maximum absolute atomic E-state index is 12.9. The molecule has 0 unspecified atom stereocenters. The predicted octanol–water partition coefficient (Wildman–Crippen LogP) is 2.13. The Bertz CT molecular complexity index is 782. The van der Waals surface area contributed by atoms with Gasteiger partial charge in [-0.2, -0.15) is 0 Å². The van der Waals surface area contributed by atoms with Gasteiger partial charge in [0.25, 0.3) is 11.8 Å². The molecule has 1 atom stereocenters. The number of hydrogen-bond acceptors (Lipinski definition) is 3. The second-order valence-electron chi connectivity index (χ2n) is 5.55. The van der Waals surface area contributed by atoms with Crippen LogP contribution in [0, 0.1) is 5.82 Å². The van der Waals surface area contributed by atoms with E-state index in [1.54, 1.807) is 36.4 Å². The first-order chi connectivity index (χ1) is 11.5. The third-order valence-electron chi connectivity index (χ3n) is 3.97. The number of nitrogens with zero attached hydrogens (tertiary/aromatic N) is 1. The molecule has 0 fully saturated rings. The smallest absolute Gasteiger partial charge is 0.262 e. The average molecular weight is 326 g/mol. The van der Waals surface area contributed by atoms with Crippen LogP contribution in [0.4, 0.5) is 4.39 Å². The fraction of sp³-hybridized carbons (Fsp3) is 0.167. The van der Waals surface area contributed by atoms with Crippen LogP contribution in [0.3, 0.4) is 0 Å². The third-order valence-corrected chi connectivity index (χ3v) is 3.97. The van der Waals surface area contributed by atoms with Gasteiger partial charge >= 0.3 is 0 Å². The molecule has 1 aliphatic heterocycles. The summed E-state index contributed by atoms with van der Waals surface area (Å²) in [5.74, 6) is -1.75. The largest absolute Gasteiger partial charge is 0.350 e. The standard InChI is InChI=1S/C18H15FN2O3/c1-11(16(22)20-10-12-6-8-13(19)9-7-12)21-17(23)14-4-2-3-5-15(14)18(21)24/h2-9,11H,10H2,1H3,(H,20,22)/t11-/m1/s1. The van der Waals surface area contributed by atoms with Gasteiger partial charge in [0.15, 0.2) is 0 Å². The van der Waals surface area contributed by atoms with E-state index in [0.29, 0.717) is 11.1 Å². The Labute approximate surface area is 138 Å². The number of amides is 3. The van der Waals surface area contributed by atoms with E-state index in [9.17, 15) is 18.8 Å². The van der Waals surface area contributed by atoms with Crippen molar-refractivity contribution in [1.29, 1.82) is 0 Å². The van der Waals surface area contributed by atoms with Crippen LogP contribution in [0.5, 0.6) is 0 Å². The lowest BCUT2D eigenvalue weighted by Gasteiger charge is -2.21. The lowest BCUT2D eigenvalue weighted by Crippen LogP contribution is -2.47. The van der Waals surface area contributed by atoms with Crippen molar-refractivity contribution in [3.05, 3.63) is 71.0 Å². The highest BCUT2D eigenvalue weighted by atomic mass is 19.1. The summed E-state index contributed by atoms with van der Waals surface area (Å²) in [7, 11) is 0. The van der Waals surface area contributed by atoms with Crippen LogP contribution in [-0.4, -0.2) is 28.7 Å². The zero-order valence-corrected chi connectivity index (χ0v) is 13.0. The van der Waals surface area contributed by atoms with Crippen LogP contribution in [0.1, 0.15) is 33.2 Å². The lowest BCUT2D eigenvalue weighted by atomic mass is 10.1. The second kappa shape index (κ2) is 6.23. The molecule has 1 aliphatic rings. The fourth-order valence-corrected chi connectivity index (χ4v) is 2.62. The van der Waals surface area contributed by atoms with Crippen molar-refractivity contribution in [3.8, 4) is 0 Å². The van der Waals surface area contributed by atoms with Crippen LogP contribution >= 0.6 is 0 Å². The first-order valence-electron chi connectivity index (χ1n) is 7.48. The molecule has 0 radical (unpaired) electrons. The van der Waals surface area contributed by atoms with Crippen LogP contribution in [0.2, 0.25) is 0 Å². The summed E-state index contributed by atoms with van der Waals surface area (Å²) in [5, 5.41) is 2.66. The zero-order valence-electron chi connectivity index (χ0n) is 13.0. The molecular formula is C18H15FN2O3. The Morgan fingerprint density at radius 2 is 1.58 bits per heavy atom. The van der Waals surface area contributed by atoms with Crippen molar-refractivity contribution < 1.29 is 18.8 Å². The van der Waals surface area contributed by atoms with Crippen LogP contribution in [0.15, 0.2) is 48.5 Å². The maximum Gasteiger partial charge on any atom is 0.262 e. The van der Waals surface area contributed by atoms with Gasteiger partial charge in [0.1, 0.15) is 11.9 Å². The highest BCUT2D eigenvalue weighted by molar-refractivity contribution is 6.22. The molecule has 2 aromatic rings. The number of benzene rings is 2.